The molecule has 96 valence electrons. The van der Waals surface area contributed by atoms with E-state index in [2.05, 4.69) is 20.8 Å². The van der Waals surface area contributed by atoms with E-state index in [0.29, 0.717) is 11.3 Å². The molecule has 1 aliphatic heterocycles. The van der Waals surface area contributed by atoms with Crippen molar-refractivity contribution in [1.29, 1.82) is 0 Å². The van der Waals surface area contributed by atoms with Crippen molar-refractivity contribution >= 4 is 7.12 Å². The van der Waals surface area contributed by atoms with E-state index in [4.69, 9.17) is 14.0 Å². The van der Waals surface area contributed by atoms with E-state index in [0.717, 1.165) is 12.3 Å². The minimum absolute atomic E-state index is 0.0118. The van der Waals surface area contributed by atoms with Crippen LogP contribution in [0.15, 0.2) is 0 Å². The zero-order valence-electron chi connectivity index (χ0n) is 11.5. The third-order valence-electron chi connectivity index (χ3n) is 5.72. The Morgan fingerprint density at radius 3 is 2.59 bits per heavy atom. The van der Waals surface area contributed by atoms with Crippen LogP contribution in [0, 0.1) is 17.3 Å². The van der Waals surface area contributed by atoms with E-state index < -0.39 is 0 Å². The fraction of sp³-hybridized carbons (Fsp3) is 1.00. The highest BCUT2D eigenvalue weighted by Gasteiger charge is 2.68. The van der Waals surface area contributed by atoms with Gasteiger partial charge < -0.3 is 14.0 Å². The summed E-state index contributed by atoms with van der Waals surface area (Å²) in [4.78, 5) is 0. The van der Waals surface area contributed by atoms with Gasteiger partial charge in [-0.05, 0) is 43.9 Å². The molecule has 0 spiro atoms. The normalized spacial score (nSPS) is 48.5. The summed E-state index contributed by atoms with van der Waals surface area (Å²) in [6.45, 7) is 9.01. The van der Waals surface area contributed by atoms with Crippen molar-refractivity contribution in [3.63, 3.8) is 0 Å². The van der Waals surface area contributed by atoms with E-state index in [-0.39, 0.29) is 24.8 Å². The van der Waals surface area contributed by atoms with Crippen LogP contribution in [0.25, 0.3) is 0 Å². The van der Waals surface area contributed by atoms with Crippen molar-refractivity contribution in [2.75, 3.05) is 7.11 Å². The highest BCUT2D eigenvalue weighted by molar-refractivity contribution is 6.46. The molecule has 0 N–H and O–H groups in total. The summed E-state index contributed by atoms with van der Waals surface area (Å²) in [5.74, 6) is 1.44. The highest BCUT2D eigenvalue weighted by Crippen LogP contribution is 2.65. The maximum absolute atomic E-state index is 6.24. The van der Waals surface area contributed by atoms with Crippen LogP contribution < -0.4 is 0 Å². The average molecular weight is 238 g/mol. The first-order valence-electron chi connectivity index (χ1n) is 6.75. The maximum Gasteiger partial charge on any atom is 0.488 e. The standard InChI is InChI=1S/C13H23BO3/c1-8(15-5)14-16-11-7-9-6-10(12(9,2)3)13(11,4)17-14/h8-11H,6-7H2,1-5H3/t8-,9-,10-,11?,13-/m0/s1. The molecule has 1 saturated heterocycles. The molecule has 1 unspecified atom stereocenters. The minimum Gasteiger partial charge on any atom is -0.404 e. The predicted octanol–water partition coefficient (Wildman–Crippen LogP) is 2.29. The molecule has 0 aromatic rings. The van der Waals surface area contributed by atoms with Gasteiger partial charge in [0.05, 0.1) is 17.7 Å². The summed E-state index contributed by atoms with van der Waals surface area (Å²) in [6.07, 6.45) is 2.71. The van der Waals surface area contributed by atoms with Gasteiger partial charge in [-0.2, -0.15) is 0 Å². The van der Waals surface area contributed by atoms with Crippen LogP contribution in [-0.4, -0.2) is 31.9 Å². The molecule has 17 heavy (non-hydrogen) atoms. The van der Waals surface area contributed by atoms with Crippen molar-refractivity contribution in [1.82, 2.24) is 0 Å². The molecule has 1 heterocycles. The molecule has 5 atom stereocenters. The molecule has 0 aromatic carbocycles. The summed E-state index contributed by atoms with van der Waals surface area (Å²) in [6, 6.07) is 0.0118. The number of methoxy groups -OCH3 is 1. The quantitative estimate of drug-likeness (QED) is 0.691. The van der Waals surface area contributed by atoms with Gasteiger partial charge in [0.25, 0.3) is 0 Å². The molecule has 2 bridgehead atoms. The monoisotopic (exact) mass is 238 g/mol. The Labute approximate surface area is 104 Å². The van der Waals surface area contributed by atoms with E-state index >= 15 is 0 Å². The Balaban J connectivity index is 1.82. The van der Waals surface area contributed by atoms with Crippen LogP contribution in [0.2, 0.25) is 0 Å². The van der Waals surface area contributed by atoms with Gasteiger partial charge in [0.2, 0.25) is 0 Å². The Morgan fingerprint density at radius 1 is 1.29 bits per heavy atom. The van der Waals surface area contributed by atoms with Crippen LogP contribution in [-0.2, 0) is 14.0 Å². The SMILES string of the molecule is CO[C@@H](C)B1OC2C[C@@H]3C[C@@H](C3(C)C)[C@]2(C)O1. The lowest BCUT2D eigenvalue weighted by molar-refractivity contribution is -0.199. The smallest absolute Gasteiger partial charge is 0.404 e. The zero-order chi connectivity index (χ0) is 12.4. The second-order valence-electron chi connectivity index (χ2n) is 6.78. The Bertz CT molecular complexity index is 333. The van der Waals surface area contributed by atoms with Crippen LogP contribution in [0.5, 0.6) is 0 Å². The van der Waals surface area contributed by atoms with Gasteiger partial charge in [0.1, 0.15) is 0 Å². The van der Waals surface area contributed by atoms with E-state index in [1.807, 2.05) is 6.92 Å². The average Bonchev–Trinajstić information content (AvgIpc) is 2.64. The molecule has 4 fully saturated rings. The summed E-state index contributed by atoms with van der Waals surface area (Å²) >= 11 is 0. The van der Waals surface area contributed by atoms with Gasteiger partial charge in [-0.25, -0.2) is 0 Å². The second-order valence-corrected chi connectivity index (χ2v) is 6.78. The number of rotatable bonds is 2. The summed E-state index contributed by atoms with van der Waals surface area (Å²) in [5, 5.41) is 0. The fourth-order valence-corrected chi connectivity index (χ4v) is 4.21. The molecule has 0 aromatic heterocycles. The lowest BCUT2D eigenvalue weighted by Crippen LogP contribution is -2.65. The van der Waals surface area contributed by atoms with Gasteiger partial charge >= 0.3 is 7.12 Å². The lowest BCUT2D eigenvalue weighted by atomic mass is 9.43. The number of hydrogen-bond acceptors (Lipinski definition) is 3. The van der Waals surface area contributed by atoms with E-state index in [1.54, 1.807) is 7.11 Å². The third kappa shape index (κ3) is 1.41. The lowest BCUT2D eigenvalue weighted by Gasteiger charge is -2.64. The van der Waals surface area contributed by atoms with Crippen LogP contribution in [0.1, 0.15) is 40.5 Å². The van der Waals surface area contributed by atoms with Crippen LogP contribution >= 0.6 is 0 Å². The van der Waals surface area contributed by atoms with Crippen molar-refractivity contribution in [2.45, 2.75) is 58.2 Å². The summed E-state index contributed by atoms with van der Waals surface area (Å²) in [5.41, 5.74) is 0.315. The molecule has 0 amide bonds. The molecule has 0 radical (unpaired) electrons. The van der Waals surface area contributed by atoms with Gasteiger partial charge in [0.15, 0.2) is 0 Å². The van der Waals surface area contributed by atoms with Crippen LogP contribution in [0.3, 0.4) is 0 Å². The zero-order valence-corrected chi connectivity index (χ0v) is 11.5. The highest BCUT2D eigenvalue weighted by atomic mass is 16.7. The van der Waals surface area contributed by atoms with E-state index in [9.17, 15) is 0 Å². The minimum atomic E-state index is -0.190. The van der Waals surface area contributed by atoms with Gasteiger partial charge in [-0.3, -0.25) is 0 Å². The molecule has 3 nitrogen and oxygen atoms in total. The molecule has 3 saturated carbocycles. The largest absolute Gasteiger partial charge is 0.488 e. The molecule has 4 rings (SSSR count). The molecular formula is C13H23BO3. The number of ether oxygens (including phenoxy) is 1. The van der Waals surface area contributed by atoms with Gasteiger partial charge in [-0.15, -0.1) is 0 Å². The van der Waals surface area contributed by atoms with E-state index in [1.165, 1.54) is 6.42 Å². The second kappa shape index (κ2) is 3.49. The molecular weight excluding hydrogens is 215 g/mol. The maximum atomic E-state index is 6.24. The van der Waals surface area contributed by atoms with Gasteiger partial charge in [-0.1, -0.05) is 13.8 Å². The van der Waals surface area contributed by atoms with Crippen molar-refractivity contribution in [3.05, 3.63) is 0 Å². The predicted molar refractivity (Wildman–Crippen MR) is 66.6 cm³/mol. The topological polar surface area (TPSA) is 27.7 Å². The summed E-state index contributed by atoms with van der Waals surface area (Å²) < 4.78 is 17.6. The Kier molecular flexibility index (Phi) is 2.46. The van der Waals surface area contributed by atoms with Crippen molar-refractivity contribution in [2.24, 2.45) is 17.3 Å². The third-order valence-corrected chi connectivity index (χ3v) is 5.72. The number of hydrogen-bond donors (Lipinski definition) is 0. The Morgan fingerprint density at radius 2 is 2.00 bits per heavy atom. The fourth-order valence-electron chi connectivity index (χ4n) is 4.21. The molecule has 4 aliphatic rings. The summed E-state index contributed by atoms with van der Waals surface area (Å²) in [7, 11) is 1.52. The first-order chi connectivity index (χ1) is 7.89. The van der Waals surface area contributed by atoms with Gasteiger partial charge in [0, 0.05) is 7.11 Å². The van der Waals surface area contributed by atoms with Crippen LogP contribution in [0.4, 0.5) is 0 Å². The molecule has 4 heteroatoms. The van der Waals surface area contributed by atoms with Crippen molar-refractivity contribution in [3.8, 4) is 0 Å². The molecule has 3 aliphatic carbocycles. The Hall–Kier alpha value is -0.0551. The first-order valence-corrected chi connectivity index (χ1v) is 6.75. The van der Waals surface area contributed by atoms with Crippen molar-refractivity contribution < 1.29 is 14.0 Å². The first kappa shape index (κ1) is 12.0.